The summed E-state index contributed by atoms with van der Waals surface area (Å²) in [4.78, 5) is 14.2. The second kappa shape index (κ2) is 4.94. The van der Waals surface area contributed by atoms with Crippen molar-refractivity contribution in [2.75, 3.05) is 32.9 Å². The zero-order chi connectivity index (χ0) is 12.5. The van der Waals surface area contributed by atoms with Crippen molar-refractivity contribution in [3.63, 3.8) is 0 Å². The summed E-state index contributed by atoms with van der Waals surface area (Å²) in [5.41, 5.74) is -0.179. The van der Waals surface area contributed by atoms with E-state index in [4.69, 9.17) is 4.74 Å². The monoisotopic (exact) mass is 241 g/mol. The second-order valence-corrected chi connectivity index (χ2v) is 5.64. The van der Waals surface area contributed by atoms with E-state index in [1.165, 1.54) is 0 Å². The molecule has 1 amide bonds. The number of fused-ring (bicyclic) bond motifs is 1. The van der Waals surface area contributed by atoms with Gasteiger partial charge in [-0.15, -0.1) is 0 Å². The van der Waals surface area contributed by atoms with Gasteiger partial charge in [0.15, 0.2) is 0 Å². The first-order valence-corrected chi connectivity index (χ1v) is 6.60. The Morgan fingerprint density at radius 2 is 2.41 bits per heavy atom. The quantitative estimate of drug-likeness (QED) is 0.795. The average Bonchev–Trinajstić information content (AvgIpc) is 2.84. The number of aliphatic hydroxyl groups is 1. The summed E-state index contributed by atoms with van der Waals surface area (Å²) in [6.45, 7) is 6.94. The summed E-state index contributed by atoms with van der Waals surface area (Å²) in [5.74, 6) is 0.676. The van der Waals surface area contributed by atoms with Crippen LogP contribution >= 0.6 is 0 Å². The van der Waals surface area contributed by atoms with E-state index in [1.54, 1.807) is 0 Å². The number of nitrogens with zero attached hydrogens (tertiary/aromatic N) is 1. The van der Waals surface area contributed by atoms with Gasteiger partial charge >= 0.3 is 0 Å². The molecule has 0 aromatic heterocycles. The number of rotatable bonds is 4. The Kier molecular flexibility index (Phi) is 3.73. The summed E-state index contributed by atoms with van der Waals surface area (Å²) in [7, 11) is 0. The fraction of sp³-hybridized carbons (Fsp3) is 0.923. The molecule has 2 rings (SSSR count). The lowest BCUT2D eigenvalue weighted by Crippen LogP contribution is -2.38. The van der Waals surface area contributed by atoms with Gasteiger partial charge in [-0.3, -0.25) is 4.79 Å². The topological polar surface area (TPSA) is 49.8 Å². The van der Waals surface area contributed by atoms with E-state index in [1.807, 2.05) is 11.8 Å². The minimum absolute atomic E-state index is 0.107. The van der Waals surface area contributed by atoms with E-state index in [9.17, 15) is 9.90 Å². The fourth-order valence-electron chi connectivity index (χ4n) is 3.09. The van der Waals surface area contributed by atoms with Crippen LogP contribution in [0.5, 0.6) is 0 Å². The van der Waals surface area contributed by atoms with Crippen molar-refractivity contribution >= 4 is 5.91 Å². The second-order valence-electron chi connectivity index (χ2n) is 5.64. The van der Waals surface area contributed by atoms with Gasteiger partial charge in [-0.05, 0) is 6.42 Å². The van der Waals surface area contributed by atoms with Crippen LogP contribution in [-0.2, 0) is 9.53 Å². The van der Waals surface area contributed by atoms with Crippen LogP contribution in [0.15, 0.2) is 0 Å². The van der Waals surface area contributed by atoms with Crippen molar-refractivity contribution in [1.29, 1.82) is 0 Å². The summed E-state index contributed by atoms with van der Waals surface area (Å²) < 4.78 is 5.44. The smallest absolute Gasteiger partial charge is 0.225 e. The molecular formula is C13H23NO3. The number of hydrogen-bond donors (Lipinski definition) is 1. The Bertz CT molecular complexity index is 294. The largest absolute Gasteiger partial charge is 0.396 e. The molecule has 0 saturated carbocycles. The summed E-state index contributed by atoms with van der Waals surface area (Å²) in [6, 6.07) is 0. The fourth-order valence-corrected chi connectivity index (χ4v) is 3.09. The molecule has 3 unspecified atom stereocenters. The first-order valence-electron chi connectivity index (χ1n) is 6.60. The van der Waals surface area contributed by atoms with Crippen LogP contribution in [0.3, 0.4) is 0 Å². The molecule has 17 heavy (non-hydrogen) atoms. The van der Waals surface area contributed by atoms with E-state index < -0.39 is 0 Å². The zero-order valence-corrected chi connectivity index (χ0v) is 10.8. The van der Waals surface area contributed by atoms with Crippen LogP contribution in [0.2, 0.25) is 0 Å². The van der Waals surface area contributed by atoms with Gasteiger partial charge in [0, 0.05) is 30.3 Å². The standard InChI is InChI=1S/C13H23NO3/c1-3-4-10(2)12(16)14-5-11-6-17-9-13(11,7-14)8-15/h10-11,15H,3-9H2,1-2H3. The molecule has 0 aromatic rings. The number of aliphatic hydroxyl groups excluding tert-OH is 1. The first-order chi connectivity index (χ1) is 8.13. The van der Waals surface area contributed by atoms with Crippen LogP contribution in [0.25, 0.3) is 0 Å². The molecule has 1 N–H and O–H groups in total. The molecule has 4 nitrogen and oxygen atoms in total. The highest BCUT2D eigenvalue weighted by Gasteiger charge is 2.51. The van der Waals surface area contributed by atoms with Gasteiger partial charge in [0.2, 0.25) is 5.91 Å². The van der Waals surface area contributed by atoms with Crippen LogP contribution in [0.4, 0.5) is 0 Å². The lowest BCUT2D eigenvalue weighted by Gasteiger charge is -2.25. The number of carbonyl (C=O) groups is 1. The third-order valence-corrected chi connectivity index (χ3v) is 4.29. The van der Waals surface area contributed by atoms with Gasteiger partial charge < -0.3 is 14.7 Å². The molecule has 2 heterocycles. The Morgan fingerprint density at radius 1 is 1.65 bits per heavy atom. The van der Waals surface area contributed by atoms with E-state index >= 15 is 0 Å². The highest BCUT2D eigenvalue weighted by atomic mass is 16.5. The Hall–Kier alpha value is -0.610. The third-order valence-electron chi connectivity index (χ3n) is 4.29. The maximum absolute atomic E-state index is 12.2. The molecule has 0 aliphatic carbocycles. The number of likely N-dealkylation sites (tertiary alicyclic amines) is 1. The number of ether oxygens (including phenoxy) is 1. The molecule has 0 radical (unpaired) electrons. The molecule has 2 fully saturated rings. The van der Waals surface area contributed by atoms with Crippen molar-refractivity contribution in [2.45, 2.75) is 26.7 Å². The van der Waals surface area contributed by atoms with Gasteiger partial charge in [-0.1, -0.05) is 20.3 Å². The maximum Gasteiger partial charge on any atom is 0.225 e. The van der Waals surface area contributed by atoms with Gasteiger partial charge in [-0.2, -0.15) is 0 Å². The average molecular weight is 241 g/mol. The number of carbonyl (C=O) groups excluding carboxylic acids is 1. The molecule has 2 aliphatic heterocycles. The predicted molar refractivity (Wildman–Crippen MR) is 64.5 cm³/mol. The lowest BCUT2D eigenvalue weighted by molar-refractivity contribution is -0.135. The van der Waals surface area contributed by atoms with Crippen LogP contribution in [-0.4, -0.2) is 48.8 Å². The first kappa shape index (κ1) is 12.8. The highest BCUT2D eigenvalue weighted by Crippen LogP contribution is 2.41. The Balaban J connectivity index is 2.00. The molecule has 98 valence electrons. The van der Waals surface area contributed by atoms with Crippen molar-refractivity contribution in [3.8, 4) is 0 Å². The summed E-state index contributed by atoms with van der Waals surface area (Å²) >= 11 is 0. The SMILES string of the molecule is CCCC(C)C(=O)N1CC2COCC2(CO)C1. The minimum Gasteiger partial charge on any atom is -0.396 e. The van der Waals surface area contributed by atoms with E-state index in [-0.39, 0.29) is 23.8 Å². The van der Waals surface area contributed by atoms with E-state index in [2.05, 4.69) is 6.92 Å². The zero-order valence-electron chi connectivity index (χ0n) is 10.8. The van der Waals surface area contributed by atoms with Crippen LogP contribution < -0.4 is 0 Å². The van der Waals surface area contributed by atoms with Crippen LogP contribution in [0, 0.1) is 17.3 Å². The van der Waals surface area contributed by atoms with Crippen molar-refractivity contribution < 1.29 is 14.6 Å². The van der Waals surface area contributed by atoms with Gasteiger partial charge in [-0.25, -0.2) is 0 Å². The molecular weight excluding hydrogens is 218 g/mol. The van der Waals surface area contributed by atoms with Gasteiger partial charge in [0.1, 0.15) is 0 Å². The normalized spacial score (nSPS) is 33.8. The molecule has 0 bridgehead atoms. The highest BCUT2D eigenvalue weighted by molar-refractivity contribution is 5.79. The molecule has 0 aromatic carbocycles. The van der Waals surface area contributed by atoms with Gasteiger partial charge in [0.05, 0.1) is 19.8 Å². The number of amides is 1. The van der Waals surface area contributed by atoms with Crippen LogP contribution in [0.1, 0.15) is 26.7 Å². The molecule has 2 aliphatic rings. The van der Waals surface area contributed by atoms with E-state index in [0.717, 1.165) is 19.4 Å². The summed E-state index contributed by atoms with van der Waals surface area (Å²) in [5, 5.41) is 9.55. The van der Waals surface area contributed by atoms with Crippen molar-refractivity contribution in [3.05, 3.63) is 0 Å². The predicted octanol–water partition coefficient (Wildman–Crippen LogP) is 0.890. The summed E-state index contributed by atoms with van der Waals surface area (Å²) in [6.07, 6.45) is 1.99. The maximum atomic E-state index is 12.2. The molecule has 0 spiro atoms. The van der Waals surface area contributed by atoms with Crippen molar-refractivity contribution in [2.24, 2.45) is 17.3 Å². The minimum atomic E-state index is -0.179. The third kappa shape index (κ3) is 2.20. The van der Waals surface area contributed by atoms with Crippen molar-refractivity contribution in [1.82, 2.24) is 4.90 Å². The molecule has 2 saturated heterocycles. The Labute approximate surface area is 103 Å². The lowest BCUT2D eigenvalue weighted by atomic mass is 9.82. The number of hydrogen-bond acceptors (Lipinski definition) is 3. The van der Waals surface area contributed by atoms with Gasteiger partial charge in [0.25, 0.3) is 0 Å². The molecule has 4 heteroatoms. The molecule has 3 atom stereocenters. The van der Waals surface area contributed by atoms with E-state index in [0.29, 0.717) is 25.7 Å². The Morgan fingerprint density at radius 3 is 3.00 bits per heavy atom.